The van der Waals surface area contributed by atoms with Crippen molar-refractivity contribution >= 4 is 11.9 Å². The maximum absolute atomic E-state index is 12.4. The maximum Gasteiger partial charge on any atom is 0.312 e. The van der Waals surface area contributed by atoms with Crippen molar-refractivity contribution in [1.29, 1.82) is 0 Å². The fraction of sp³-hybridized carbons (Fsp3) is 0.600. The van der Waals surface area contributed by atoms with E-state index in [9.17, 15) is 9.59 Å². The smallest absolute Gasteiger partial charge is 0.312 e. The Balaban J connectivity index is 1.82. The maximum atomic E-state index is 12.4. The molecule has 1 aliphatic rings. The number of carbonyl (C=O) groups excluding carboxylic acids is 2. The highest BCUT2D eigenvalue weighted by Crippen LogP contribution is 2.40. The van der Waals surface area contributed by atoms with Crippen LogP contribution in [0.1, 0.15) is 24.8 Å². The third-order valence-electron chi connectivity index (χ3n) is 5.02. The molecule has 0 spiro atoms. The molecule has 1 aromatic carbocycles. The van der Waals surface area contributed by atoms with Gasteiger partial charge in [-0.2, -0.15) is 0 Å². The molecule has 0 unspecified atom stereocenters. The quantitative estimate of drug-likeness (QED) is 0.564. The number of hydrogen-bond donors (Lipinski definition) is 2. The first-order chi connectivity index (χ1) is 14.0. The lowest BCUT2D eigenvalue weighted by molar-refractivity contribution is -0.133. The number of rotatable bonds is 10. The van der Waals surface area contributed by atoms with Gasteiger partial charge in [0.1, 0.15) is 0 Å². The van der Waals surface area contributed by atoms with Crippen molar-refractivity contribution < 1.29 is 23.8 Å². The van der Waals surface area contributed by atoms with Crippen molar-refractivity contribution in [3.63, 3.8) is 0 Å². The van der Waals surface area contributed by atoms with E-state index in [0.717, 1.165) is 31.5 Å². The van der Waals surface area contributed by atoms with Gasteiger partial charge in [0.05, 0.1) is 21.3 Å². The lowest BCUT2D eigenvalue weighted by Gasteiger charge is -2.35. The van der Waals surface area contributed by atoms with Crippen molar-refractivity contribution in [2.75, 3.05) is 54.1 Å². The Labute approximate surface area is 172 Å². The van der Waals surface area contributed by atoms with E-state index >= 15 is 0 Å². The van der Waals surface area contributed by atoms with E-state index in [1.54, 1.807) is 21.3 Å². The fourth-order valence-corrected chi connectivity index (χ4v) is 3.45. The third-order valence-corrected chi connectivity index (χ3v) is 5.02. The number of piperazine rings is 1. The van der Waals surface area contributed by atoms with Crippen LogP contribution in [0.3, 0.4) is 0 Å². The number of nitrogens with zero attached hydrogens (tertiary/aromatic N) is 2. The van der Waals surface area contributed by atoms with E-state index in [2.05, 4.69) is 10.2 Å². The van der Waals surface area contributed by atoms with Gasteiger partial charge >= 0.3 is 6.03 Å². The predicted octanol–water partition coefficient (Wildman–Crippen LogP) is 1.20. The molecular formula is C20H32N4O5. The van der Waals surface area contributed by atoms with Gasteiger partial charge in [-0.15, -0.1) is 0 Å². The van der Waals surface area contributed by atoms with E-state index < -0.39 is 6.03 Å². The van der Waals surface area contributed by atoms with Crippen LogP contribution in [0.5, 0.6) is 17.2 Å². The second-order valence-corrected chi connectivity index (χ2v) is 6.90. The van der Waals surface area contributed by atoms with E-state index in [4.69, 9.17) is 19.9 Å². The summed E-state index contributed by atoms with van der Waals surface area (Å²) >= 11 is 0. The van der Waals surface area contributed by atoms with Gasteiger partial charge in [0, 0.05) is 51.3 Å². The van der Waals surface area contributed by atoms with Gasteiger partial charge < -0.3 is 30.2 Å². The summed E-state index contributed by atoms with van der Waals surface area (Å²) in [5.74, 6) is 2.06. The highest BCUT2D eigenvalue weighted by molar-refractivity contribution is 5.76. The van der Waals surface area contributed by atoms with Gasteiger partial charge in [0.15, 0.2) is 11.5 Å². The van der Waals surface area contributed by atoms with Crippen molar-refractivity contribution in [3.8, 4) is 17.2 Å². The minimum atomic E-state index is -0.529. The van der Waals surface area contributed by atoms with Crippen LogP contribution in [0.2, 0.25) is 0 Å². The zero-order chi connectivity index (χ0) is 21.2. The van der Waals surface area contributed by atoms with Crippen LogP contribution >= 0.6 is 0 Å². The highest BCUT2D eigenvalue weighted by atomic mass is 16.5. The van der Waals surface area contributed by atoms with Crippen LogP contribution in [0, 0.1) is 0 Å². The van der Waals surface area contributed by atoms with Crippen molar-refractivity contribution in [2.45, 2.75) is 25.8 Å². The van der Waals surface area contributed by atoms with Crippen molar-refractivity contribution in [1.82, 2.24) is 15.1 Å². The van der Waals surface area contributed by atoms with E-state index in [1.807, 2.05) is 17.0 Å². The van der Waals surface area contributed by atoms with Gasteiger partial charge in [0.2, 0.25) is 11.7 Å². The summed E-state index contributed by atoms with van der Waals surface area (Å²) in [6.45, 7) is 4.22. The van der Waals surface area contributed by atoms with Crippen LogP contribution in [0.15, 0.2) is 12.1 Å². The minimum Gasteiger partial charge on any atom is -0.493 e. The number of carbonyl (C=O) groups is 2. The average molecular weight is 408 g/mol. The van der Waals surface area contributed by atoms with Crippen LogP contribution in [-0.2, 0) is 11.3 Å². The first kappa shape index (κ1) is 22.6. The molecule has 3 amide bonds. The number of methoxy groups -OCH3 is 3. The van der Waals surface area contributed by atoms with Gasteiger partial charge in [-0.3, -0.25) is 9.69 Å². The Morgan fingerprint density at radius 2 is 1.69 bits per heavy atom. The highest BCUT2D eigenvalue weighted by Gasteiger charge is 2.23. The number of amides is 3. The molecule has 29 heavy (non-hydrogen) atoms. The molecule has 0 atom stereocenters. The Hall–Kier alpha value is -2.68. The number of unbranched alkanes of at least 4 members (excludes halogenated alkanes) is 1. The average Bonchev–Trinajstić information content (AvgIpc) is 2.73. The summed E-state index contributed by atoms with van der Waals surface area (Å²) in [5, 5.41) is 2.53. The number of primary amides is 1. The monoisotopic (exact) mass is 408 g/mol. The largest absolute Gasteiger partial charge is 0.493 e. The summed E-state index contributed by atoms with van der Waals surface area (Å²) in [6, 6.07) is 3.33. The second-order valence-electron chi connectivity index (χ2n) is 6.90. The van der Waals surface area contributed by atoms with Crippen molar-refractivity contribution in [2.24, 2.45) is 5.73 Å². The Bertz CT molecular complexity index is 690. The SMILES string of the molecule is COc1ccc(CN2CCN(C(=O)CCCCNC(N)=O)CC2)c(OC)c1OC. The molecule has 0 saturated carbocycles. The summed E-state index contributed by atoms with van der Waals surface area (Å²) in [6.07, 6.45) is 1.97. The molecule has 0 bridgehead atoms. The number of ether oxygens (including phenoxy) is 3. The Morgan fingerprint density at radius 3 is 2.28 bits per heavy atom. The topological polar surface area (TPSA) is 106 Å². The molecule has 162 valence electrons. The molecule has 9 heteroatoms. The lowest BCUT2D eigenvalue weighted by Crippen LogP contribution is -2.48. The number of benzene rings is 1. The molecule has 1 heterocycles. The van der Waals surface area contributed by atoms with Crippen LogP contribution in [-0.4, -0.2) is 75.8 Å². The number of urea groups is 1. The lowest BCUT2D eigenvalue weighted by atomic mass is 10.1. The van der Waals surface area contributed by atoms with Gasteiger partial charge in [0.25, 0.3) is 0 Å². The second kappa shape index (κ2) is 11.4. The number of nitrogens with one attached hydrogen (secondary N) is 1. The van der Waals surface area contributed by atoms with E-state index in [-0.39, 0.29) is 5.91 Å². The zero-order valence-electron chi connectivity index (χ0n) is 17.5. The van der Waals surface area contributed by atoms with Crippen LogP contribution in [0.4, 0.5) is 4.79 Å². The molecule has 1 aromatic rings. The van der Waals surface area contributed by atoms with Crippen LogP contribution in [0.25, 0.3) is 0 Å². The fourth-order valence-electron chi connectivity index (χ4n) is 3.45. The van der Waals surface area contributed by atoms with Gasteiger partial charge in [-0.25, -0.2) is 4.79 Å². The molecule has 1 saturated heterocycles. The number of hydrogen-bond acceptors (Lipinski definition) is 6. The molecule has 3 N–H and O–H groups in total. The molecule has 1 aliphatic heterocycles. The van der Waals surface area contributed by atoms with E-state index in [1.165, 1.54) is 0 Å². The summed E-state index contributed by atoms with van der Waals surface area (Å²) < 4.78 is 16.3. The van der Waals surface area contributed by atoms with Gasteiger partial charge in [-0.05, 0) is 18.9 Å². The molecule has 2 rings (SSSR count). The normalized spacial score (nSPS) is 14.4. The van der Waals surface area contributed by atoms with Crippen LogP contribution < -0.4 is 25.3 Å². The molecule has 9 nitrogen and oxygen atoms in total. The molecule has 1 fully saturated rings. The van der Waals surface area contributed by atoms with Crippen molar-refractivity contribution in [3.05, 3.63) is 17.7 Å². The molecular weight excluding hydrogens is 376 g/mol. The summed E-state index contributed by atoms with van der Waals surface area (Å²) in [7, 11) is 4.82. The summed E-state index contributed by atoms with van der Waals surface area (Å²) in [4.78, 5) is 27.2. The number of nitrogens with two attached hydrogens (primary N) is 1. The first-order valence-corrected chi connectivity index (χ1v) is 9.81. The van der Waals surface area contributed by atoms with E-state index in [0.29, 0.717) is 49.8 Å². The summed E-state index contributed by atoms with van der Waals surface area (Å²) in [5.41, 5.74) is 6.04. The zero-order valence-corrected chi connectivity index (χ0v) is 17.5. The molecule has 0 aromatic heterocycles. The first-order valence-electron chi connectivity index (χ1n) is 9.81. The minimum absolute atomic E-state index is 0.160. The third kappa shape index (κ3) is 6.42. The standard InChI is InChI=1S/C20H32N4O5/c1-27-16-8-7-15(18(28-2)19(16)29-3)14-23-10-12-24(13-11-23)17(25)6-4-5-9-22-20(21)26/h7-8H,4-6,9-14H2,1-3H3,(H3,21,22,26). The Kier molecular flexibility index (Phi) is 8.85. The predicted molar refractivity (Wildman–Crippen MR) is 109 cm³/mol. The Morgan fingerprint density at radius 1 is 1.00 bits per heavy atom. The molecule has 0 aliphatic carbocycles. The van der Waals surface area contributed by atoms with Gasteiger partial charge in [-0.1, -0.05) is 6.07 Å². The molecule has 0 radical (unpaired) electrons.